The summed E-state index contributed by atoms with van der Waals surface area (Å²) in [6.07, 6.45) is 5.75. The third kappa shape index (κ3) is 4.48. The Bertz CT molecular complexity index is 1280. The van der Waals surface area contributed by atoms with Gasteiger partial charge >= 0.3 is 0 Å². The fourth-order valence-corrected chi connectivity index (χ4v) is 4.36. The van der Waals surface area contributed by atoms with Crippen LogP contribution in [-0.4, -0.2) is 67.1 Å². The zero-order valence-corrected chi connectivity index (χ0v) is 19.8. The zero-order valence-electron chi connectivity index (χ0n) is 19.8. The number of halogens is 1. The van der Waals surface area contributed by atoms with Crippen LogP contribution in [0.1, 0.15) is 38.3 Å². The summed E-state index contributed by atoms with van der Waals surface area (Å²) >= 11 is 0. The van der Waals surface area contributed by atoms with Crippen molar-refractivity contribution in [3.05, 3.63) is 60.5 Å². The van der Waals surface area contributed by atoms with Gasteiger partial charge in [0, 0.05) is 44.1 Å². The van der Waals surface area contributed by atoms with E-state index in [0.717, 1.165) is 44.1 Å². The average molecular weight is 461 g/mol. The second-order valence-electron chi connectivity index (χ2n) is 8.88. The molecule has 0 saturated carbocycles. The summed E-state index contributed by atoms with van der Waals surface area (Å²) in [5.41, 5.74) is 4.05. The lowest BCUT2D eigenvalue weighted by Gasteiger charge is -2.35. The van der Waals surface area contributed by atoms with E-state index in [1.165, 1.54) is 0 Å². The van der Waals surface area contributed by atoms with Crippen LogP contribution in [0.3, 0.4) is 0 Å². The molecular weight excluding hydrogens is 431 g/mol. The van der Waals surface area contributed by atoms with Crippen molar-refractivity contribution in [2.75, 3.05) is 37.6 Å². The number of piperazine rings is 1. The fraction of sp³-hybridized carbons (Fsp3) is 0.400. The molecule has 0 atom stereocenters. The SMILES string of the molecule is CCN1CCN(c2ccc(Cc3nccc(-c4cc5c(ncn5C(C)C)c(F)n4)n3)nc2)CC1. The minimum Gasteiger partial charge on any atom is -0.368 e. The van der Waals surface area contributed by atoms with Gasteiger partial charge in [0.2, 0.25) is 5.95 Å². The first-order valence-electron chi connectivity index (χ1n) is 11.8. The van der Waals surface area contributed by atoms with Crippen LogP contribution < -0.4 is 4.90 Å². The first kappa shape index (κ1) is 22.3. The van der Waals surface area contributed by atoms with Crippen molar-refractivity contribution >= 4 is 16.7 Å². The molecule has 0 N–H and O–H groups in total. The number of likely N-dealkylation sites (N-methyl/N-ethyl adjacent to an activating group) is 1. The van der Waals surface area contributed by atoms with E-state index in [1.807, 2.05) is 36.7 Å². The molecule has 4 aromatic heterocycles. The standard InChI is InChI=1S/C25H29FN8/c1-4-32-9-11-33(12-10-32)19-6-5-18(28-15-19)13-23-27-8-7-20(30-23)21-14-22-24(25(26)31-21)29-16-34(22)17(2)3/h5-8,14-17H,4,9-13H2,1-3H3. The average Bonchev–Trinajstić information content (AvgIpc) is 3.30. The number of hydrogen-bond donors (Lipinski definition) is 0. The van der Waals surface area contributed by atoms with Crippen LogP contribution in [0.15, 0.2) is 43.0 Å². The summed E-state index contributed by atoms with van der Waals surface area (Å²) in [6, 6.07) is 7.89. The highest BCUT2D eigenvalue weighted by atomic mass is 19.1. The molecule has 0 amide bonds. The van der Waals surface area contributed by atoms with Gasteiger partial charge in [0.05, 0.1) is 41.5 Å². The first-order chi connectivity index (χ1) is 16.5. The normalized spacial score (nSPS) is 14.9. The molecule has 1 aliphatic rings. The minimum atomic E-state index is -0.593. The van der Waals surface area contributed by atoms with E-state index in [4.69, 9.17) is 0 Å². The molecule has 4 aromatic rings. The van der Waals surface area contributed by atoms with Crippen LogP contribution >= 0.6 is 0 Å². The van der Waals surface area contributed by atoms with Crippen molar-refractivity contribution in [1.29, 1.82) is 0 Å². The molecule has 176 valence electrons. The molecule has 0 unspecified atom stereocenters. The number of rotatable bonds is 6. The Balaban J connectivity index is 1.34. The van der Waals surface area contributed by atoms with Gasteiger partial charge in [-0.1, -0.05) is 6.92 Å². The molecule has 1 saturated heterocycles. The quantitative estimate of drug-likeness (QED) is 0.406. The van der Waals surface area contributed by atoms with Crippen LogP contribution in [0.2, 0.25) is 0 Å². The summed E-state index contributed by atoms with van der Waals surface area (Å²) in [5, 5.41) is 0. The van der Waals surface area contributed by atoms with Crippen molar-refractivity contribution in [3.63, 3.8) is 0 Å². The maximum atomic E-state index is 14.6. The predicted octanol–water partition coefficient (Wildman–Crippen LogP) is 3.74. The van der Waals surface area contributed by atoms with Gasteiger partial charge in [0.1, 0.15) is 11.3 Å². The smallest absolute Gasteiger partial charge is 0.241 e. The number of hydrogen-bond acceptors (Lipinski definition) is 7. The van der Waals surface area contributed by atoms with Gasteiger partial charge in [0.15, 0.2) is 0 Å². The zero-order chi connectivity index (χ0) is 23.7. The second kappa shape index (κ2) is 9.42. The van der Waals surface area contributed by atoms with E-state index in [0.29, 0.717) is 29.1 Å². The number of pyridine rings is 2. The summed E-state index contributed by atoms with van der Waals surface area (Å²) in [4.78, 5) is 26.8. The van der Waals surface area contributed by atoms with Crippen LogP contribution in [-0.2, 0) is 6.42 Å². The highest BCUT2D eigenvalue weighted by Gasteiger charge is 2.17. The molecule has 34 heavy (non-hydrogen) atoms. The Labute approximate surface area is 198 Å². The third-order valence-electron chi connectivity index (χ3n) is 6.38. The van der Waals surface area contributed by atoms with Crippen molar-refractivity contribution in [2.24, 2.45) is 0 Å². The van der Waals surface area contributed by atoms with Gasteiger partial charge < -0.3 is 14.4 Å². The first-order valence-corrected chi connectivity index (χ1v) is 11.8. The number of nitrogens with zero attached hydrogens (tertiary/aromatic N) is 8. The highest BCUT2D eigenvalue weighted by molar-refractivity contribution is 5.79. The molecule has 5 rings (SSSR count). The fourth-order valence-electron chi connectivity index (χ4n) is 4.36. The molecule has 1 fully saturated rings. The largest absolute Gasteiger partial charge is 0.368 e. The van der Waals surface area contributed by atoms with Gasteiger partial charge in [-0.05, 0) is 44.7 Å². The van der Waals surface area contributed by atoms with Crippen molar-refractivity contribution in [2.45, 2.75) is 33.2 Å². The van der Waals surface area contributed by atoms with Gasteiger partial charge in [-0.2, -0.15) is 4.39 Å². The van der Waals surface area contributed by atoms with Gasteiger partial charge in [-0.15, -0.1) is 0 Å². The Morgan fingerprint density at radius 1 is 0.971 bits per heavy atom. The number of aromatic nitrogens is 6. The minimum absolute atomic E-state index is 0.158. The van der Waals surface area contributed by atoms with Gasteiger partial charge in [0.25, 0.3) is 0 Å². The highest BCUT2D eigenvalue weighted by Crippen LogP contribution is 2.25. The number of fused-ring (bicyclic) bond motifs is 1. The lowest BCUT2D eigenvalue weighted by molar-refractivity contribution is 0.271. The predicted molar refractivity (Wildman–Crippen MR) is 130 cm³/mol. The van der Waals surface area contributed by atoms with E-state index < -0.39 is 5.95 Å². The summed E-state index contributed by atoms with van der Waals surface area (Å²) in [7, 11) is 0. The summed E-state index contributed by atoms with van der Waals surface area (Å²) < 4.78 is 16.6. The summed E-state index contributed by atoms with van der Waals surface area (Å²) in [5.74, 6) is 0.0260. The monoisotopic (exact) mass is 460 g/mol. The van der Waals surface area contributed by atoms with E-state index in [1.54, 1.807) is 18.6 Å². The Kier molecular flexibility index (Phi) is 6.19. The van der Waals surface area contributed by atoms with E-state index in [-0.39, 0.29) is 11.6 Å². The molecule has 0 aromatic carbocycles. The van der Waals surface area contributed by atoms with Gasteiger partial charge in [-0.3, -0.25) is 4.98 Å². The molecule has 0 radical (unpaired) electrons. The van der Waals surface area contributed by atoms with Crippen LogP contribution in [0, 0.1) is 5.95 Å². The molecular formula is C25H29FN8. The third-order valence-corrected chi connectivity index (χ3v) is 6.38. The topological polar surface area (TPSA) is 75.9 Å². The van der Waals surface area contributed by atoms with E-state index >= 15 is 0 Å². The maximum absolute atomic E-state index is 14.6. The van der Waals surface area contributed by atoms with Crippen molar-refractivity contribution in [1.82, 2.24) is 34.4 Å². The van der Waals surface area contributed by atoms with Crippen LogP contribution in [0.25, 0.3) is 22.4 Å². The van der Waals surface area contributed by atoms with E-state index in [9.17, 15) is 4.39 Å². The van der Waals surface area contributed by atoms with E-state index in [2.05, 4.69) is 47.7 Å². The second-order valence-corrected chi connectivity index (χ2v) is 8.88. The molecule has 9 heteroatoms. The number of anilines is 1. The van der Waals surface area contributed by atoms with Gasteiger partial charge in [-0.25, -0.2) is 19.9 Å². The molecule has 0 spiro atoms. The molecule has 0 bridgehead atoms. The molecule has 5 heterocycles. The Hall–Kier alpha value is -3.46. The van der Waals surface area contributed by atoms with Crippen LogP contribution in [0.5, 0.6) is 0 Å². The summed E-state index contributed by atoms with van der Waals surface area (Å²) in [6.45, 7) is 11.6. The Morgan fingerprint density at radius 3 is 2.50 bits per heavy atom. The maximum Gasteiger partial charge on any atom is 0.241 e. The Morgan fingerprint density at radius 2 is 1.79 bits per heavy atom. The molecule has 0 aliphatic carbocycles. The lowest BCUT2D eigenvalue weighted by atomic mass is 10.2. The molecule has 1 aliphatic heterocycles. The van der Waals surface area contributed by atoms with Crippen LogP contribution in [0.4, 0.5) is 10.1 Å². The number of imidazole rings is 1. The van der Waals surface area contributed by atoms with Crippen molar-refractivity contribution < 1.29 is 4.39 Å². The molecule has 8 nitrogen and oxygen atoms in total. The van der Waals surface area contributed by atoms with Crippen molar-refractivity contribution in [3.8, 4) is 11.4 Å². The lowest BCUT2D eigenvalue weighted by Crippen LogP contribution is -2.46.